The Hall–Kier alpha value is -1.09. The van der Waals surface area contributed by atoms with Gasteiger partial charge >= 0.3 is 0 Å². The Balaban J connectivity index is 2.21. The van der Waals surface area contributed by atoms with Gasteiger partial charge in [-0.3, -0.25) is 4.98 Å². The molecule has 1 aromatic heterocycles. The number of aromatic nitrogens is 1. The van der Waals surface area contributed by atoms with Gasteiger partial charge in [0.25, 0.3) is 0 Å². The first-order chi connectivity index (χ1) is 8.49. The van der Waals surface area contributed by atoms with Gasteiger partial charge in [0.2, 0.25) is 0 Å². The summed E-state index contributed by atoms with van der Waals surface area (Å²) < 4.78 is 5.70. The maximum Gasteiger partial charge on any atom is 0.138 e. The van der Waals surface area contributed by atoms with E-state index in [0.717, 1.165) is 24.2 Å². The van der Waals surface area contributed by atoms with Crippen LogP contribution >= 0.6 is 0 Å². The van der Waals surface area contributed by atoms with E-state index in [2.05, 4.69) is 18.0 Å². The summed E-state index contributed by atoms with van der Waals surface area (Å²) in [5.41, 5.74) is 7.47. The summed E-state index contributed by atoms with van der Waals surface area (Å²) in [6.45, 7) is 6.32. The molecule has 1 saturated carbocycles. The van der Waals surface area contributed by atoms with Gasteiger partial charge in [-0.1, -0.05) is 19.8 Å². The van der Waals surface area contributed by atoms with Crippen LogP contribution in [0.25, 0.3) is 0 Å². The molecule has 1 fully saturated rings. The van der Waals surface area contributed by atoms with Crippen LogP contribution in [0.5, 0.6) is 5.75 Å². The van der Waals surface area contributed by atoms with E-state index in [-0.39, 0.29) is 11.6 Å². The molecule has 2 N–H and O–H groups in total. The Bertz CT molecular complexity index is 405. The average molecular weight is 248 g/mol. The molecule has 3 heteroatoms. The van der Waals surface area contributed by atoms with E-state index < -0.39 is 0 Å². The summed E-state index contributed by atoms with van der Waals surface area (Å²) in [6, 6.07) is 2.06. The second-order valence-electron chi connectivity index (χ2n) is 5.93. The van der Waals surface area contributed by atoms with Gasteiger partial charge in [-0.25, -0.2) is 0 Å². The zero-order chi connectivity index (χ0) is 13.2. The van der Waals surface area contributed by atoms with Crippen molar-refractivity contribution in [3.05, 3.63) is 24.0 Å². The van der Waals surface area contributed by atoms with Crippen molar-refractivity contribution in [2.45, 2.75) is 58.1 Å². The quantitative estimate of drug-likeness (QED) is 0.893. The lowest BCUT2D eigenvalue weighted by Crippen LogP contribution is -2.41. The van der Waals surface area contributed by atoms with Crippen LogP contribution in [0, 0.1) is 5.92 Å². The van der Waals surface area contributed by atoms with E-state index in [0.29, 0.717) is 5.92 Å². The number of ether oxygens (including phenoxy) is 1. The van der Waals surface area contributed by atoms with Crippen LogP contribution in [0.15, 0.2) is 18.5 Å². The number of rotatable bonds is 3. The van der Waals surface area contributed by atoms with Crippen LogP contribution in [0.4, 0.5) is 0 Å². The van der Waals surface area contributed by atoms with E-state index in [9.17, 15) is 0 Å². The zero-order valence-corrected chi connectivity index (χ0v) is 11.6. The standard InChI is InChI=1S/C15H24N2O/c1-11(2)18-14-7-13(9-17-10-14)15(16)6-4-5-12(3)8-15/h7,9-12H,4-6,8,16H2,1-3H3. The summed E-state index contributed by atoms with van der Waals surface area (Å²) in [4.78, 5) is 4.28. The van der Waals surface area contributed by atoms with E-state index in [1.807, 2.05) is 20.0 Å². The molecule has 0 spiro atoms. The van der Waals surface area contributed by atoms with E-state index in [4.69, 9.17) is 10.5 Å². The fourth-order valence-corrected chi connectivity index (χ4v) is 2.88. The largest absolute Gasteiger partial charge is 0.489 e. The zero-order valence-electron chi connectivity index (χ0n) is 11.6. The highest BCUT2D eigenvalue weighted by molar-refractivity contribution is 5.29. The third-order valence-electron chi connectivity index (χ3n) is 3.69. The van der Waals surface area contributed by atoms with Crippen molar-refractivity contribution in [1.29, 1.82) is 0 Å². The lowest BCUT2D eigenvalue weighted by atomic mass is 9.73. The molecule has 0 saturated heterocycles. The predicted molar refractivity (Wildman–Crippen MR) is 73.5 cm³/mol. The Morgan fingerprint density at radius 3 is 2.89 bits per heavy atom. The van der Waals surface area contributed by atoms with Crippen molar-refractivity contribution in [1.82, 2.24) is 4.98 Å². The number of nitrogens with two attached hydrogens (primary N) is 1. The van der Waals surface area contributed by atoms with Crippen molar-refractivity contribution < 1.29 is 4.74 Å². The normalized spacial score (nSPS) is 28.4. The maximum absolute atomic E-state index is 6.57. The topological polar surface area (TPSA) is 48.1 Å². The van der Waals surface area contributed by atoms with Gasteiger partial charge in [-0.15, -0.1) is 0 Å². The van der Waals surface area contributed by atoms with E-state index in [1.165, 1.54) is 12.8 Å². The minimum Gasteiger partial charge on any atom is -0.489 e. The Morgan fingerprint density at radius 2 is 2.22 bits per heavy atom. The summed E-state index contributed by atoms with van der Waals surface area (Å²) in [5, 5.41) is 0. The van der Waals surface area contributed by atoms with Crippen LogP contribution in [-0.2, 0) is 5.54 Å². The van der Waals surface area contributed by atoms with Gasteiger partial charge < -0.3 is 10.5 Å². The van der Waals surface area contributed by atoms with Gasteiger partial charge in [0.15, 0.2) is 0 Å². The van der Waals surface area contributed by atoms with E-state index >= 15 is 0 Å². The lowest BCUT2D eigenvalue weighted by Gasteiger charge is -2.37. The highest BCUT2D eigenvalue weighted by Crippen LogP contribution is 2.38. The van der Waals surface area contributed by atoms with Crippen molar-refractivity contribution in [3.63, 3.8) is 0 Å². The Morgan fingerprint density at radius 1 is 1.44 bits per heavy atom. The third kappa shape index (κ3) is 3.02. The molecule has 2 unspecified atom stereocenters. The van der Waals surface area contributed by atoms with Crippen LogP contribution in [0.3, 0.4) is 0 Å². The second kappa shape index (κ2) is 5.27. The van der Waals surface area contributed by atoms with Gasteiger partial charge in [0.05, 0.1) is 12.3 Å². The molecular formula is C15H24N2O. The minimum atomic E-state index is -0.221. The Labute approximate surface area is 110 Å². The molecule has 1 heterocycles. The molecule has 0 amide bonds. The molecule has 0 aliphatic heterocycles. The van der Waals surface area contributed by atoms with Crippen molar-refractivity contribution >= 4 is 0 Å². The van der Waals surface area contributed by atoms with Crippen LogP contribution in [0.1, 0.15) is 52.0 Å². The second-order valence-corrected chi connectivity index (χ2v) is 5.93. The minimum absolute atomic E-state index is 0.168. The Kier molecular flexibility index (Phi) is 3.91. The van der Waals surface area contributed by atoms with Gasteiger partial charge in [-0.2, -0.15) is 0 Å². The molecule has 1 aromatic rings. The highest BCUT2D eigenvalue weighted by atomic mass is 16.5. The molecule has 2 atom stereocenters. The fourth-order valence-electron chi connectivity index (χ4n) is 2.88. The average Bonchev–Trinajstić information content (AvgIpc) is 2.28. The summed E-state index contributed by atoms with van der Waals surface area (Å²) in [5.74, 6) is 1.52. The molecule has 1 aliphatic rings. The predicted octanol–water partition coefficient (Wildman–Crippen LogP) is 3.23. The van der Waals surface area contributed by atoms with Gasteiger partial charge in [-0.05, 0) is 44.2 Å². The van der Waals surface area contributed by atoms with Crippen molar-refractivity contribution in [2.75, 3.05) is 0 Å². The van der Waals surface area contributed by atoms with Gasteiger partial charge in [0.1, 0.15) is 5.75 Å². The molecule has 18 heavy (non-hydrogen) atoms. The molecule has 0 bridgehead atoms. The first kappa shape index (κ1) is 13.3. The molecule has 3 nitrogen and oxygen atoms in total. The number of pyridine rings is 1. The van der Waals surface area contributed by atoms with Crippen molar-refractivity contribution in [3.8, 4) is 5.75 Å². The smallest absolute Gasteiger partial charge is 0.138 e. The molecule has 2 rings (SSSR count). The number of nitrogens with zero attached hydrogens (tertiary/aromatic N) is 1. The number of hydrogen-bond donors (Lipinski definition) is 1. The first-order valence-corrected chi connectivity index (χ1v) is 6.91. The van der Waals surface area contributed by atoms with Crippen LogP contribution in [0.2, 0.25) is 0 Å². The molecule has 0 radical (unpaired) electrons. The molecular weight excluding hydrogens is 224 g/mol. The third-order valence-corrected chi connectivity index (χ3v) is 3.69. The fraction of sp³-hybridized carbons (Fsp3) is 0.667. The van der Waals surface area contributed by atoms with Crippen LogP contribution in [-0.4, -0.2) is 11.1 Å². The van der Waals surface area contributed by atoms with Crippen LogP contribution < -0.4 is 10.5 Å². The van der Waals surface area contributed by atoms with E-state index in [1.54, 1.807) is 6.20 Å². The molecule has 100 valence electrons. The first-order valence-electron chi connectivity index (χ1n) is 6.91. The monoisotopic (exact) mass is 248 g/mol. The SMILES string of the molecule is CC1CCCC(N)(c2cncc(OC(C)C)c2)C1. The molecule has 1 aliphatic carbocycles. The summed E-state index contributed by atoms with van der Waals surface area (Å²) >= 11 is 0. The molecule has 0 aromatic carbocycles. The van der Waals surface area contributed by atoms with Gasteiger partial charge in [0, 0.05) is 11.7 Å². The summed E-state index contributed by atoms with van der Waals surface area (Å²) in [7, 11) is 0. The maximum atomic E-state index is 6.57. The summed E-state index contributed by atoms with van der Waals surface area (Å²) in [6.07, 6.45) is 8.40. The highest BCUT2D eigenvalue weighted by Gasteiger charge is 2.33. The number of hydrogen-bond acceptors (Lipinski definition) is 3. The lowest BCUT2D eigenvalue weighted by molar-refractivity contribution is 0.229. The van der Waals surface area contributed by atoms with Crippen molar-refractivity contribution in [2.24, 2.45) is 11.7 Å².